The number of nitrogens with zero attached hydrogens (tertiary/aromatic N) is 3. The van der Waals surface area contributed by atoms with Crippen LogP contribution in [0.5, 0.6) is 5.75 Å². The third-order valence-corrected chi connectivity index (χ3v) is 6.20. The monoisotopic (exact) mass is 545 g/mol. The molecule has 0 atom stereocenters. The molecule has 4 rings (SSSR count). The fourth-order valence-corrected chi connectivity index (χ4v) is 4.08. The molecule has 0 unspecified atom stereocenters. The summed E-state index contributed by atoms with van der Waals surface area (Å²) in [4.78, 5) is 45.0. The van der Waals surface area contributed by atoms with Gasteiger partial charge in [0, 0.05) is 30.1 Å². The predicted molar refractivity (Wildman–Crippen MR) is 153 cm³/mol. The van der Waals surface area contributed by atoms with Crippen LogP contribution in [0.4, 0.5) is 11.5 Å². The van der Waals surface area contributed by atoms with Crippen LogP contribution in [-0.2, 0) is 6.54 Å². The van der Waals surface area contributed by atoms with Gasteiger partial charge in [-0.2, -0.15) is 0 Å². The minimum absolute atomic E-state index is 0.0401. The van der Waals surface area contributed by atoms with Crippen LogP contribution in [0.2, 0.25) is 5.02 Å². The number of hydrogen-bond donors (Lipinski definition) is 3. The van der Waals surface area contributed by atoms with E-state index < -0.39 is 11.8 Å². The van der Waals surface area contributed by atoms with Crippen molar-refractivity contribution in [2.45, 2.75) is 13.0 Å². The zero-order chi connectivity index (χ0) is 27.9. The maximum absolute atomic E-state index is 13.0. The Labute approximate surface area is 230 Å². The molecule has 0 saturated heterocycles. The Kier molecular flexibility index (Phi) is 8.75. The van der Waals surface area contributed by atoms with Crippen molar-refractivity contribution in [3.63, 3.8) is 0 Å². The molecule has 2 heterocycles. The smallest absolute Gasteiger partial charge is 0.259 e. The number of aromatic hydroxyl groups is 1. The molecule has 0 saturated carbocycles. The first-order valence-corrected chi connectivity index (χ1v) is 12.6. The molecule has 3 N–H and O–H groups in total. The fraction of sp³-hybridized carbons (Fsp3) is 0.172. The van der Waals surface area contributed by atoms with Crippen LogP contribution in [-0.4, -0.2) is 52.0 Å². The van der Waals surface area contributed by atoms with Gasteiger partial charge >= 0.3 is 0 Å². The molecule has 0 aliphatic heterocycles. The lowest BCUT2D eigenvalue weighted by atomic mass is 10.0. The molecule has 0 spiro atoms. The lowest BCUT2D eigenvalue weighted by molar-refractivity contribution is 0.102. The predicted octanol–water partition coefficient (Wildman–Crippen LogP) is 4.73. The summed E-state index contributed by atoms with van der Waals surface area (Å²) in [5.41, 5.74) is 1.40. The van der Waals surface area contributed by atoms with Crippen molar-refractivity contribution in [2.75, 3.05) is 31.3 Å². The summed E-state index contributed by atoms with van der Waals surface area (Å²) in [6.07, 6.45) is 4.01. The summed E-state index contributed by atoms with van der Waals surface area (Å²) in [5.74, 6) is -1.11. The number of carbonyl (C=O) groups excluding carboxylic acids is 2. The molecular formula is C29H28ClN5O4. The number of hydrogen-bond acceptors (Lipinski definition) is 6. The Morgan fingerprint density at radius 2 is 1.74 bits per heavy atom. The summed E-state index contributed by atoms with van der Waals surface area (Å²) in [6, 6.07) is 17.6. The van der Waals surface area contributed by atoms with Crippen LogP contribution in [0.15, 0.2) is 83.9 Å². The summed E-state index contributed by atoms with van der Waals surface area (Å²) in [5, 5.41) is 16.1. The van der Waals surface area contributed by atoms with Crippen LogP contribution in [0.3, 0.4) is 0 Å². The average Bonchev–Trinajstić information content (AvgIpc) is 2.92. The standard InChI is InChI=1S/C29H28ClN5O4/c1-34(2)15-5-17-35-16-4-7-22(29(35)39)19-9-11-20(12-10-19)27(37)33-26-23(6-3-8-24(26)36)28(38)32-25-14-13-21(30)18-31-25/h3-4,6-14,16,18,36H,5,15,17H2,1-2H3,(H,33,37)(H,31,32,38). The van der Waals surface area contributed by atoms with Gasteiger partial charge < -0.3 is 25.2 Å². The molecule has 2 amide bonds. The summed E-state index contributed by atoms with van der Waals surface area (Å²) in [7, 11) is 3.98. The molecule has 4 aromatic rings. The van der Waals surface area contributed by atoms with Gasteiger partial charge in [-0.15, -0.1) is 0 Å². The number of benzene rings is 2. The number of carbonyl (C=O) groups is 2. The second-order valence-corrected chi connectivity index (χ2v) is 9.56. The number of aryl methyl sites for hydroxylation is 1. The molecular weight excluding hydrogens is 518 g/mol. The molecule has 200 valence electrons. The molecule has 9 nitrogen and oxygen atoms in total. The van der Waals surface area contributed by atoms with Crippen molar-refractivity contribution in [3.8, 4) is 16.9 Å². The Balaban J connectivity index is 1.50. The van der Waals surface area contributed by atoms with Gasteiger partial charge in [-0.25, -0.2) is 4.98 Å². The van der Waals surface area contributed by atoms with Gasteiger partial charge in [0.25, 0.3) is 17.4 Å². The van der Waals surface area contributed by atoms with E-state index in [4.69, 9.17) is 11.6 Å². The van der Waals surface area contributed by atoms with Crippen LogP contribution in [0.1, 0.15) is 27.1 Å². The normalized spacial score (nSPS) is 10.9. The summed E-state index contributed by atoms with van der Waals surface area (Å²) in [6.45, 7) is 1.48. The highest BCUT2D eigenvalue weighted by molar-refractivity contribution is 6.30. The Hall–Kier alpha value is -4.47. The second-order valence-electron chi connectivity index (χ2n) is 9.12. The molecule has 0 radical (unpaired) electrons. The van der Waals surface area contributed by atoms with Crippen molar-refractivity contribution < 1.29 is 14.7 Å². The number of phenolic OH excluding ortho intramolecular Hbond substituents is 1. The van der Waals surface area contributed by atoms with Gasteiger partial charge in [0.15, 0.2) is 0 Å². The second kappa shape index (κ2) is 12.4. The van der Waals surface area contributed by atoms with Crippen molar-refractivity contribution in [2.24, 2.45) is 0 Å². The van der Waals surface area contributed by atoms with E-state index in [1.165, 1.54) is 30.5 Å². The number of halogens is 1. The third-order valence-electron chi connectivity index (χ3n) is 5.98. The van der Waals surface area contributed by atoms with Crippen LogP contribution < -0.4 is 16.2 Å². The van der Waals surface area contributed by atoms with E-state index in [1.54, 1.807) is 47.2 Å². The topological polar surface area (TPSA) is 117 Å². The first-order chi connectivity index (χ1) is 18.7. The molecule has 39 heavy (non-hydrogen) atoms. The summed E-state index contributed by atoms with van der Waals surface area (Å²) < 4.78 is 1.68. The minimum Gasteiger partial charge on any atom is -0.506 e. The van der Waals surface area contributed by atoms with Gasteiger partial charge in [-0.3, -0.25) is 14.4 Å². The summed E-state index contributed by atoms with van der Waals surface area (Å²) >= 11 is 5.84. The molecule has 0 aliphatic carbocycles. The highest BCUT2D eigenvalue weighted by Gasteiger charge is 2.19. The van der Waals surface area contributed by atoms with Crippen LogP contribution in [0, 0.1) is 0 Å². The van der Waals surface area contributed by atoms with E-state index in [9.17, 15) is 19.5 Å². The first-order valence-electron chi connectivity index (χ1n) is 12.2. The molecule has 0 bridgehead atoms. The van der Waals surface area contributed by atoms with Crippen molar-refractivity contribution in [3.05, 3.63) is 106 Å². The van der Waals surface area contributed by atoms with Crippen molar-refractivity contribution >= 4 is 34.9 Å². The Morgan fingerprint density at radius 3 is 2.44 bits per heavy atom. The molecule has 2 aromatic carbocycles. The molecule has 0 fully saturated rings. The first kappa shape index (κ1) is 27.6. The van der Waals surface area contributed by atoms with E-state index in [0.29, 0.717) is 22.7 Å². The SMILES string of the molecule is CN(C)CCCn1cccc(-c2ccc(C(=O)Nc3c(O)cccc3C(=O)Nc3ccc(Cl)cn3)cc2)c1=O. The number of rotatable bonds is 9. The van der Waals surface area contributed by atoms with Gasteiger partial charge in [-0.1, -0.05) is 29.8 Å². The number of anilines is 2. The number of para-hydroxylation sites is 1. The number of phenols is 1. The number of pyridine rings is 2. The molecule has 0 aliphatic rings. The van der Waals surface area contributed by atoms with Crippen molar-refractivity contribution in [1.82, 2.24) is 14.5 Å². The van der Waals surface area contributed by atoms with E-state index >= 15 is 0 Å². The van der Waals surface area contributed by atoms with E-state index in [1.807, 2.05) is 20.2 Å². The van der Waals surface area contributed by atoms with Gasteiger partial charge in [-0.05, 0) is 81.2 Å². The number of amides is 2. The largest absolute Gasteiger partial charge is 0.506 e. The highest BCUT2D eigenvalue weighted by Crippen LogP contribution is 2.29. The number of aromatic nitrogens is 2. The maximum atomic E-state index is 13.0. The van der Waals surface area contributed by atoms with E-state index in [0.717, 1.165) is 13.0 Å². The minimum atomic E-state index is -0.572. The van der Waals surface area contributed by atoms with Gasteiger partial charge in [0.1, 0.15) is 11.6 Å². The molecule has 10 heteroatoms. The van der Waals surface area contributed by atoms with Crippen LogP contribution in [0.25, 0.3) is 11.1 Å². The average molecular weight is 546 g/mol. The van der Waals surface area contributed by atoms with E-state index in [2.05, 4.69) is 20.5 Å². The van der Waals surface area contributed by atoms with Gasteiger partial charge in [0.2, 0.25) is 0 Å². The van der Waals surface area contributed by atoms with Gasteiger partial charge in [0.05, 0.1) is 16.3 Å². The van der Waals surface area contributed by atoms with E-state index in [-0.39, 0.29) is 33.9 Å². The highest BCUT2D eigenvalue weighted by atomic mass is 35.5. The maximum Gasteiger partial charge on any atom is 0.259 e. The quantitative estimate of drug-likeness (QED) is 0.262. The zero-order valence-electron chi connectivity index (χ0n) is 21.5. The third kappa shape index (κ3) is 6.90. The lowest BCUT2D eigenvalue weighted by Gasteiger charge is -2.13. The van der Waals surface area contributed by atoms with Crippen LogP contribution >= 0.6 is 11.6 Å². The Bertz CT molecular complexity index is 1530. The fourth-order valence-electron chi connectivity index (χ4n) is 3.97. The number of nitrogens with one attached hydrogen (secondary N) is 2. The zero-order valence-corrected chi connectivity index (χ0v) is 22.3. The van der Waals surface area contributed by atoms with Crippen molar-refractivity contribution in [1.29, 1.82) is 0 Å². The lowest BCUT2D eigenvalue weighted by Crippen LogP contribution is -2.23. The Morgan fingerprint density at radius 1 is 0.974 bits per heavy atom. The molecule has 2 aromatic heterocycles.